The third kappa shape index (κ3) is 0.994. The van der Waals surface area contributed by atoms with E-state index in [1.165, 1.54) is 0 Å². The van der Waals surface area contributed by atoms with E-state index in [0.717, 1.165) is 18.4 Å². The molecule has 2 nitrogen and oxygen atoms in total. The Morgan fingerprint density at radius 1 is 1.33 bits per heavy atom. The van der Waals surface area contributed by atoms with Crippen LogP contribution in [0, 0.1) is 0 Å². The number of hydrogen-bond acceptors (Lipinski definition) is 2. The van der Waals surface area contributed by atoms with Crippen molar-refractivity contribution in [3.8, 4) is 5.75 Å². The number of aromatic hydroxyl groups is 1. The largest absolute Gasteiger partial charge is 0.508 e. The quantitative estimate of drug-likeness (QED) is 0.694. The summed E-state index contributed by atoms with van der Waals surface area (Å²) in [6.07, 6.45) is 2.25. The Morgan fingerprint density at radius 3 is 2.50 bits per heavy atom. The molecule has 2 N–H and O–H groups in total. The van der Waals surface area contributed by atoms with Gasteiger partial charge in [0.1, 0.15) is 5.75 Å². The topological polar surface area (TPSA) is 32.3 Å². The number of hydrogen-bond donors (Lipinski definition) is 2. The molecule has 0 saturated heterocycles. The fraction of sp³-hybridized carbons (Fsp3) is 0.400. The molecule has 64 valence electrons. The van der Waals surface area contributed by atoms with Crippen LogP contribution < -0.4 is 5.32 Å². The van der Waals surface area contributed by atoms with E-state index in [-0.39, 0.29) is 5.54 Å². The second-order valence-electron chi connectivity index (χ2n) is 3.35. The molecule has 12 heavy (non-hydrogen) atoms. The highest BCUT2D eigenvalue weighted by Crippen LogP contribution is 2.47. The molecule has 0 radical (unpaired) electrons. The molecule has 0 aliphatic heterocycles. The van der Waals surface area contributed by atoms with Gasteiger partial charge in [0.25, 0.3) is 0 Å². The minimum Gasteiger partial charge on any atom is -0.508 e. The molecule has 1 aromatic rings. The van der Waals surface area contributed by atoms with E-state index >= 15 is 0 Å². The fourth-order valence-corrected chi connectivity index (χ4v) is 1.66. The SMILES string of the molecule is CNC1(c2ccccc2O)CC1. The minimum atomic E-state index is 0.0747. The molecular weight excluding hydrogens is 150 g/mol. The van der Waals surface area contributed by atoms with Crippen molar-refractivity contribution in [2.45, 2.75) is 18.4 Å². The van der Waals surface area contributed by atoms with Crippen LogP contribution in [-0.2, 0) is 5.54 Å². The molecule has 1 saturated carbocycles. The zero-order valence-corrected chi connectivity index (χ0v) is 7.17. The maximum atomic E-state index is 9.58. The van der Waals surface area contributed by atoms with Crippen molar-refractivity contribution >= 4 is 0 Å². The van der Waals surface area contributed by atoms with E-state index in [1.54, 1.807) is 6.07 Å². The van der Waals surface area contributed by atoms with Crippen LogP contribution >= 0.6 is 0 Å². The van der Waals surface area contributed by atoms with Gasteiger partial charge in [0.2, 0.25) is 0 Å². The molecule has 2 rings (SSSR count). The van der Waals surface area contributed by atoms with Gasteiger partial charge in [-0.05, 0) is 26.0 Å². The molecule has 0 spiro atoms. The summed E-state index contributed by atoms with van der Waals surface area (Å²) in [6.45, 7) is 0. The maximum Gasteiger partial charge on any atom is 0.120 e. The van der Waals surface area contributed by atoms with Gasteiger partial charge >= 0.3 is 0 Å². The Bertz CT molecular complexity index is 292. The third-order valence-corrected chi connectivity index (χ3v) is 2.65. The number of phenols is 1. The number of benzene rings is 1. The van der Waals surface area contributed by atoms with E-state index in [4.69, 9.17) is 0 Å². The summed E-state index contributed by atoms with van der Waals surface area (Å²) in [6, 6.07) is 7.54. The van der Waals surface area contributed by atoms with Gasteiger partial charge in [0.15, 0.2) is 0 Å². The van der Waals surface area contributed by atoms with Gasteiger partial charge in [0.05, 0.1) is 0 Å². The Hall–Kier alpha value is -1.02. The van der Waals surface area contributed by atoms with Gasteiger partial charge in [-0.2, -0.15) is 0 Å². The predicted molar refractivity (Wildman–Crippen MR) is 48.1 cm³/mol. The predicted octanol–water partition coefficient (Wildman–Crippen LogP) is 1.60. The van der Waals surface area contributed by atoms with E-state index in [1.807, 2.05) is 25.2 Å². The molecule has 0 bridgehead atoms. The smallest absolute Gasteiger partial charge is 0.120 e. The number of rotatable bonds is 2. The Balaban J connectivity index is 2.40. The van der Waals surface area contributed by atoms with Crippen molar-refractivity contribution < 1.29 is 5.11 Å². The summed E-state index contributed by atoms with van der Waals surface area (Å²) in [5.41, 5.74) is 1.11. The van der Waals surface area contributed by atoms with Crippen LogP contribution in [0.25, 0.3) is 0 Å². The molecule has 1 aromatic carbocycles. The molecule has 1 aliphatic carbocycles. The second kappa shape index (κ2) is 2.49. The number of phenolic OH excluding ortho intramolecular Hbond substituents is 1. The van der Waals surface area contributed by atoms with E-state index in [2.05, 4.69) is 5.32 Å². The lowest BCUT2D eigenvalue weighted by molar-refractivity contribution is 0.449. The maximum absolute atomic E-state index is 9.58. The lowest BCUT2D eigenvalue weighted by atomic mass is 10.0. The molecule has 0 atom stereocenters. The van der Waals surface area contributed by atoms with Gasteiger partial charge in [-0.15, -0.1) is 0 Å². The Labute approximate surface area is 72.2 Å². The van der Waals surface area contributed by atoms with Crippen LogP contribution in [0.15, 0.2) is 24.3 Å². The van der Waals surface area contributed by atoms with Crippen molar-refractivity contribution in [1.82, 2.24) is 5.32 Å². The van der Waals surface area contributed by atoms with E-state index in [9.17, 15) is 5.11 Å². The summed E-state index contributed by atoms with van der Waals surface area (Å²) >= 11 is 0. The zero-order chi connectivity index (χ0) is 8.60. The first kappa shape index (κ1) is 7.62. The van der Waals surface area contributed by atoms with Crippen LogP contribution in [0.1, 0.15) is 18.4 Å². The van der Waals surface area contributed by atoms with Gasteiger partial charge < -0.3 is 10.4 Å². The summed E-state index contributed by atoms with van der Waals surface area (Å²) in [7, 11) is 1.94. The highest BCUT2D eigenvalue weighted by atomic mass is 16.3. The lowest BCUT2D eigenvalue weighted by Crippen LogP contribution is -2.24. The Kier molecular flexibility index (Phi) is 1.58. The molecule has 2 heteroatoms. The van der Waals surface area contributed by atoms with E-state index in [0.29, 0.717) is 5.75 Å². The standard InChI is InChI=1S/C10H13NO/c1-11-10(6-7-10)8-4-2-3-5-9(8)12/h2-5,11-12H,6-7H2,1H3. The van der Waals surface area contributed by atoms with Crippen molar-refractivity contribution in [2.24, 2.45) is 0 Å². The van der Waals surface area contributed by atoms with Crippen LogP contribution in [0.4, 0.5) is 0 Å². The van der Waals surface area contributed by atoms with Gasteiger partial charge in [-0.1, -0.05) is 18.2 Å². The van der Waals surface area contributed by atoms with Gasteiger partial charge in [0, 0.05) is 11.1 Å². The average Bonchev–Trinajstić information content (AvgIpc) is 2.86. The third-order valence-electron chi connectivity index (χ3n) is 2.65. The summed E-state index contributed by atoms with van der Waals surface area (Å²) in [4.78, 5) is 0. The first-order valence-corrected chi connectivity index (χ1v) is 4.26. The molecule has 0 amide bonds. The number of nitrogens with one attached hydrogen (secondary N) is 1. The first-order valence-electron chi connectivity index (χ1n) is 4.26. The van der Waals surface area contributed by atoms with E-state index < -0.39 is 0 Å². The second-order valence-corrected chi connectivity index (χ2v) is 3.35. The summed E-state index contributed by atoms with van der Waals surface area (Å²) in [5, 5.41) is 12.8. The highest BCUT2D eigenvalue weighted by Gasteiger charge is 2.44. The van der Waals surface area contributed by atoms with Crippen LogP contribution in [0.2, 0.25) is 0 Å². The van der Waals surface area contributed by atoms with Crippen molar-refractivity contribution in [2.75, 3.05) is 7.05 Å². The van der Waals surface area contributed by atoms with Crippen molar-refractivity contribution in [3.63, 3.8) is 0 Å². The van der Waals surface area contributed by atoms with Crippen LogP contribution in [-0.4, -0.2) is 12.2 Å². The molecule has 0 aromatic heterocycles. The van der Waals surface area contributed by atoms with Crippen molar-refractivity contribution in [3.05, 3.63) is 29.8 Å². The van der Waals surface area contributed by atoms with Gasteiger partial charge in [-0.25, -0.2) is 0 Å². The average molecular weight is 163 g/mol. The molecule has 0 heterocycles. The number of para-hydroxylation sites is 1. The fourth-order valence-electron chi connectivity index (χ4n) is 1.66. The minimum absolute atomic E-state index is 0.0747. The molecule has 0 unspecified atom stereocenters. The zero-order valence-electron chi connectivity index (χ0n) is 7.17. The summed E-state index contributed by atoms with van der Waals surface area (Å²) in [5.74, 6) is 0.407. The normalized spacial score (nSPS) is 19.1. The molecular formula is C10H13NO. The summed E-state index contributed by atoms with van der Waals surface area (Å²) < 4.78 is 0. The van der Waals surface area contributed by atoms with Crippen LogP contribution in [0.5, 0.6) is 5.75 Å². The van der Waals surface area contributed by atoms with Crippen molar-refractivity contribution in [1.29, 1.82) is 0 Å². The van der Waals surface area contributed by atoms with Crippen LogP contribution in [0.3, 0.4) is 0 Å². The lowest BCUT2D eigenvalue weighted by Gasteiger charge is -2.15. The monoisotopic (exact) mass is 163 g/mol. The first-order chi connectivity index (χ1) is 5.78. The highest BCUT2D eigenvalue weighted by molar-refractivity contribution is 5.41. The Morgan fingerprint density at radius 2 is 2.00 bits per heavy atom. The molecule has 1 aliphatic rings. The van der Waals surface area contributed by atoms with Gasteiger partial charge in [-0.3, -0.25) is 0 Å². The molecule has 1 fully saturated rings.